The van der Waals surface area contributed by atoms with E-state index in [-0.39, 0.29) is 5.91 Å². The van der Waals surface area contributed by atoms with Gasteiger partial charge in [-0.3, -0.25) is 4.79 Å². The number of nitrogens with zero attached hydrogens (tertiary/aromatic N) is 1. The summed E-state index contributed by atoms with van der Waals surface area (Å²) in [5, 5.41) is 0.950. The second-order valence-electron chi connectivity index (χ2n) is 5.71. The van der Waals surface area contributed by atoms with Gasteiger partial charge in [-0.05, 0) is 42.8 Å². The summed E-state index contributed by atoms with van der Waals surface area (Å²) < 4.78 is 11.9. The van der Waals surface area contributed by atoms with Crippen LogP contribution >= 0.6 is 15.9 Å². The highest BCUT2D eigenvalue weighted by Crippen LogP contribution is 2.29. The molecule has 0 saturated carbocycles. The number of amides is 1. The third kappa shape index (κ3) is 3.17. The molecule has 0 bridgehead atoms. The van der Waals surface area contributed by atoms with Crippen molar-refractivity contribution in [3.05, 3.63) is 63.8 Å². The number of hydrogen-bond donors (Lipinski definition) is 0. The zero-order chi connectivity index (χ0) is 17.3. The first kappa shape index (κ1) is 16.6. The smallest absolute Gasteiger partial charge is 0.289 e. The fraction of sp³-hybridized carbons (Fsp3) is 0.211. The van der Waals surface area contributed by atoms with Crippen LogP contribution in [0.1, 0.15) is 21.7 Å². The molecule has 0 aliphatic rings. The van der Waals surface area contributed by atoms with Crippen molar-refractivity contribution in [3.8, 4) is 5.75 Å². The first-order valence-corrected chi connectivity index (χ1v) is 8.36. The molecule has 0 aliphatic carbocycles. The van der Waals surface area contributed by atoms with Crippen LogP contribution in [-0.2, 0) is 6.54 Å². The van der Waals surface area contributed by atoms with Gasteiger partial charge >= 0.3 is 0 Å². The van der Waals surface area contributed by atoms with Crippen LogP contribution in [0.15, 0.2) is 51.4 Å². The van der Waals surface area contributed by atoms with Crippen LogP contribution in [0, 0.1) is 6.92 Å². The number of carbonyl (C=O) groups excluding carboxylic acids is 1. The van der Waals surface area contributed by atoms with E-state index in [0.717, 1.165) is 32.3 Å². The SMILES string of the molecule is COc1ccc(CN(C)C(=O)c2oc3ccc(Br)cc3c2C)cc1. The number of hydrogen-bond acceptors (Lipinski definition) is 3. The normalized spacial score (nSPS) is 10.8. The molecule has 0 saturated heterocycles. The molecule has 2 aromatic carbocycles. The fourth-order valence-corrected chi connectivity index (χ4v) is 3.01. The van der Waals surface area contributed by atoms with E-state index in [4.69, 9.17) is 9.15 Å². The Bertz CT molecular complexity index is 884. The second kappa shape index (κ2) is 6.69. The summed E-state index contributed by atoms with van der Waals surface area (Å²) in [6.07, 6.45) is 0. The number of rotatable bonds is 4. The molecule has 1 heterocycles. The van der Waals surface area contributed by atoms with Gasteiger partial charge in [-0.25, -0.2) is 0 Å². The lowest BCUT2D eigenvalue weighted by Crippen LogP contribution is -2.26. The summed E-state index contributed by atoms with van der Waals surface area (Å²) in [6, 6.07) is 13.4. The average molecular weight is 388 g/mol. The third-order valence-electron chi connectivity index (χ3n) is 4.02. The molecule has 0 atom stereocenters. The zero-order valence-corrected chi connectivity index (χ0v) is 15.4. The largest absolute Gasteiger partial charge is 0.497 e. The van der Waals surface area contributed by atoms with Crippen molar-refractivity contribution in [1.82, 2.24) is 4.90 Å². The number of carbonyl (C=O) groups is 1. The molecular weight excluding hydrogens is 370 g/mol. The molecule has 24 heavy (non-hydrogen) atoms. The lowest BCUT2D eigenvalue weighted by Gasteiger charge is -2.16. The standard InChI is InChI=1S/C19H18BrNO3/c1-12-16-10-14(20)6-9-17(16)24-18(12)19(22)21(2)11-13-4-7-15(23-3)8-5-13/h4-10H,11H2,1-3H3. The third-order valence-corrected chi connectivity index (χ3v) is 4.51. The molecule has 0 fully saturated rings. The zero-order valence-electron chi connectivity index (χ0n) is 13.8. The van der Waals surface area contributed by atoms with E-state index in [1.165, 1.54) is 0 Å². The molecule has 3 rings (SSSR count). The molecule has 3 aromatic rings. The minimum atomic E-state index is -0.129. The highest BCUT2D eigenvalue weighted by molar-refractivity contribution is 9.10. The van der Waals surface area contributed by atoms with Crippen LogP contribution in [0.4, 0.5) is 0 Å². The van der Waals surface area contributed by atoms with Crippen LogP contribution in [0.2, 0.25) is 0 Å². The molecule has 4 nitrogen and oxygen atoms in total. The minimum Gasteiger partial charge on any atom is -0.497 e. The molecule has 124 valence electrons. The van der Waals surface area contributed by atoms with Crippen LogP contribution < -0.4 is 4.74 Å². The Labute approximate surface area is 149 Å². The maximum atomic E-state index is 12.7. The van der Waals surface area contributed by atoms with Crippen molar-refractivity contribution in [1.29, 1.82) is 0 Å². The molecule has 0 unspecified atom stereocenters. The van der Waals surface area contributed by atoms with Gasteiger partial charge in [-0.1, -0.05) is 28.1 Å². The van der Waals surface area contributed by atoms with Crippen molar-refractivity contribution in [2.45, 2.75) is 13.5 Å². The van der Waals surface area contributed by atoms with Gasteiger partial charge in [0.25, 0.3) is 5.91 Å². The van der Waals surface area contributed by atoms with Crippen LogP contribution in [0.5, 0.6) is 5.75 Å². The minimum absolute atomic E-state index is 0.129. The van der Waals surface area contributed by atoms with E-state index < -0.39 is 0 Å². The van der Waals surface area contributed by atoms with Crippen LogP contribution in [-0.4, -0.2) is 25.0 Å². The van der Waals surface area contributed by atoms with Crippen molar-refractivity contribution in [2.24, 2.45) is 0 Å². The van der Waals surface area contributed by atoms with E-state index in [0.29, 0.717) is 12.3 Å². The van der Waals surface area contributed by atoms with Gasteiger partial charge in [0.05, 0.1) is 7.11 Å². The molecule has 0 radical (unpaired) electrons. The number of benzene rings is 2. The van der Waals surface area contributed by atoms with Gasteiger partial charge in [0.15, 0.2) is 5.76 Å². The van der Waals surface area contributed by atoms with Gasteiger partial charge < -0.3 is 14.1 Å². The van der Waals surface area contributed by atoms with Gasteiger partial charge in [-0.15, -0.1) is 0 Å². The number of aryl methyl sites for hydroxylation is 1. The predicted molar refractivity (Wildman–Crippen MR) is 97.4 cm³/mol. The van der Waals surface area contributed by atoms with E-state index in [1.54, 1.807) is 19.1 Å². The molecule has 0 spiro atoms. The molecule has 0 N–H and O–H groups in total. The van der Waals surface area contributed by atoms with Gasteiger partial charge in [0, 0.05) is 29.0 Å². The molecule has 1 aromatic heterocycles. The maximum Gasteiger partial charge on any atom is 0.289 e. The summed E-state index contributed by atoms with van der Waals surface area (Å²) in [7, 11) is 3.41. The quantitative estimate of drug-likeness (QED) is 0.646. The number of fused-ring (bicyclic) bond motifs is 1. The van der Waals surface area contributed by atoms with Crippen molar-refractivity contribution in [2.75, 3.05) is 14.2 Å². The van der Waals surface area contributed by atoms with Crippen molar-refractivity contribution >= 4 is 32.8 Å². The Morgan fingerprint density at radius 2 is 1.92 bits per heavy atom. The van der Waals surface area contributed by atoms with Crippen molar-refractivity contribution in [3.63, 3.8) is 0 Å². The Hall–Kier alpha value is -2.27. The topological polar surface area (TPSA) is 42.7 Å². The highest BCUT2D eigenvalue weighted by atomic mass is 79.9. The van der Waals surface area contributed by atoms with E-state index in [9.17, 15) is 4.79 Å². The molecule has 5 heteroatoms. The van der Waals surface area contributed by atoms with E-state index in [1.807, 2.05) is 49.4 Å². The summed E-state index contributed by atoms with van der Waals surface area (Å²) in [5.74, 6) is 1.06. The Morgan fingerprint density at radius 1 is 1.21 bits per heavy atom. The van der Waals surface area contributed by atoms with E-state index >= 15 is 0 Å². The highest BCUT2D eigenvalue weighted by Gasteiger charge is 2.21. The molecule has 1 amide bonds. The Kier molecular flexibility index (Phi) is 4.62. The Balaban J connectivity index is 1.83. The second-order valence-corrected chi connectivity index (χ2v) is 6.62. The van der Waals surface area contributed by atoms with Gasteiger partial charge in [0.1, 0.15) is 11.3 Å². The van der Waals surface area contributed by atoms with E-state index in [2.05, 4.69) is 15.9 Å². The average Bonchev–Trinajstić information content (AvgIpc) is 2.91. The maximum absolute atomic E-state index is 12.7. The van der Waals surface area contributed by atoms with Gasteiger partial charge in [-0.2, -0.15) is 0 Å². The number of furan rings is 1. The lowest BCUT2D eigenvalue weighted by molar-refractivity contribution is 0.0755. The predicted octanol–water partition coefficient (Wildman–Crippen LogP) is 4.78. The summed E-state index contributed by atoms with van der Waals surface area (Å²) in [6.45, 7) is 2.41. The number of ether oxygens (including phenoxy) is 1. The number of methoxy groups -OCH3 is 1. The van der Waals surface area contributed by atoms with Crippen LogP contribution in [0.25, 0.3) is 11.0 Å². The lowest BCUT2D eigenvalue weighted by atomic mass is 10.1. The van der Waals surface area contributed by atoms with Crippen molar-refractivity contribution < 1.29 is 13.9 Å². The summed E-state index contributed by atoms with van der Waals surface area (Å²) in [4.78, 5) is 14.4. The summed E-state index contributed by atoms with van der Waals surface area (Å²) >= 11 is 3.45. The fourth-order valence-electron chi connectivity index (χ4n) is 2.65. The Morgan fingerprint density at radius 3 is 2.58 bits per heavy atom. The number of halogens is 1. The molecular formula is C19H18BrNO3. The van der Waals surface area contributed by atoms with Crippen LogP contribution in [0.3, 0.4) is 0 Å². The first-order chi connectivity index (χ1) is 11.5. The summed E-state index contributed by atoms with van der Waals surface area (Å²) in [5.41, 5.74) is 2.61. The van der Waals surface area contributed by atoms with Gasteiger partial charge in [0.2, 0.25) is 0 Å². The monoisotopic (exact) mass is 387 g/mol. The first-order valence-electron chi connectivity index (χ1n) is 7.56. The molecule has 0 aliphatic heterocycles.